The summed E-state index contributed by atoms with van der Waals surface area (Å²) in [4.78, 5) is 0. The van der Waals surface area contributed by atoms with Gasteiger partial charge in [-0.1, -0.05) is 26.7 Å². The molecule has 0 aromatic heterocycles. The highest BCUT2D eigenvalue weighted by Gasteiger charge is 2.31. The molecule has 4 heteroatoms. The summed E-state index contributed by atoms with van der Waals surface area (Å²) in [6.07, 6.45) is 7.39. The molecule has 0 spiro atoms. The molecule has 17 heavy (non-hydrogen) atoms. The summed E-state index contributed by atoms with van der Waals surface area (Å²) in [6, 6.07) is 0. The lowest BCUT2D eigenvalue weighted by atomic mass is 9.83. The molecule has 0 heterocycles. The highest BCUT2D eigenvalue weighted by Crippen LogP contribution is 2.40. The van der Waals surface area contributed by atoms with E-state index in [1.807, 2.05) is 0 Å². The predicted octanol–water partition coefficient (Wildman–Crippen LogP) is 2.37. The molecule has 0 aliphatic heterocycles. The molecule has 0 saturated heterocycles. The Labute approximate surface area is 106 Å². The van der Waals surface area contributed by atoms with E-state index in [0.717, 1.165) is 19.5 Å². The first-order valence-corrected chi connectivity index (χ1v) is 8.77. The molecule has 1 aliphatic carbocycles. The van der Waals surface area contributed by atoms with Gasteiger partial charge in [0.25, 0.3) is 0 Å². The van der Waals surface area contributed by atoms with Crippen LogP contribution in [0.15, 0.2) is 0 Å². The zero-order valence-electron chi connectivity index (χ0n) is 11.3. The third-order valence-electron chi connectivity index (χ3n) is 4.16. The fourth-order valence-electron chi connectivity index (χ4n) is 2.70. The lowest BCUT2D eigenvalue weighted by Gasteiger charge is -2.27. The van der Waals surface area contributed by atoms with Crippen molar-refractivity contribution in [1.29, 1.82) is 0 Å². The van der Waals surface area contributed by atoms with Crippen LogP contribution in [0.5, 0.6) is 0 Å². The molecule has 1 saturated carbocycles. The van der Waals surface area contributed by atoms with Gasteiger partial charge in [0, 0.05) is 12.3 Å². The third kappa shape index (κ3) is 4.96. The van der Waals surface area contributed by atoms with Gasteiger partial charge >= 0.3 is 0 Å². The number of hydrogen-bond donors (Lipinski definition) is 1. The maximum Gasteiger partial charge on any atom is 0.150 e. The van der Waals surface area contributed by atoms with Crippen molar-refractivity contribution in [2.75, 3.05) is 24.6 Å². The Morgan fingerprint density at radius 1 is 1.18 bits per heavy atom. The molecule has 0 radical (unpaired) electrons. The molecule has 0 amide bonds. The van der Waals surface area contributed by atoms with Crippen LogP contribution in [-0.2, 0) is 9.84 Å². The van der Waals surface area contributed by atoms with Gasteiger partial charge in [0.1, 0.15) is 9.84 Å². The van der Waals surface area contributed by atoms with Gasteiger partial charge in [-0.2, -0.15) is 0 Å². The Hall–Kier alpha value is -0.0900. The largest absolute Gasteiger partial charge is 0.316 e. The molecule has 102 valence electrons. The van der Waals surface area contributed by atoms with E-state index in [1.54, 1.807) is 6.92 Å². The van der Waals surface area contributed by atoms with Crippen molar-refractivity contribution in [1.82, 2.24) is 5.32 Å². The van der Waals surface area contributed by atoms with Gasteiger partial charge < -0.3 is 5.32 Å². The maximum absolute atomic E-state index is 11.3. The molecule has 3 nitrogen and oxygen atoms in total. The van der Waals surface area contributed by atoms with E-state index in [0.29, 0.717) is 11.2 Å². The zero-order valence-corrected chi connectivity index (χ0v) is 12.1. The van der Waals surface area contributed by atoms with Gasteiger partial charge in [0.05, 0.1) is 5.75 Å². The molecule has 0 aromatic carbocycles. The first kappa shape index (κ1) is 15.0. The first-order chi connectivity index (χ1) is 8.04. The summed E-state index contributed by atoms with van der Waals surface area (Å²) < 4.78 is 22.6. The second kappa shape index (κ2) is 6.74. The van der Waals surface area contributed by atoms with Crippen LogP contribution in [0.1, 0.15) is 52.4 Å². The second-order valence-electron chi connectivity index (χ2n) is 5.33. The van der Waals surface area contributed by atoms with Crippen LogP contribution < -0.4 is 5.32 Å². The van der Waals surface area contributed by atoms with Crippen LogP contribution in [-0.4, -0.2) is 33.0 Å². The molecule has 0 unspecified atom stereocenters. The predicted molar refractivity (Wildman–Crippen MR) is 73.0 cm³/mol. The van der Waals surface area contributed by atoms with E-state index in [1.165, 1.54) is 32.1 Å². The molecule has 0 bridgehead atoms. The Morgan fingerprint density at radius 2 is 1.82 bits per heavy atom. The summed E-state index contributed by atoms with van der Waals surface area (Å²) in [5, 5.41) is 3.45. The van der Waals surface area contributed by atoms with E-state index < -0.39 is 9.84 Å². The minimum absolute atomic E-state index is 0.270. The van der Waals surface area contributed by atoms with Crippen molar-refractivity contribution in [2.45, 2.75) is 52.4 Å². The fourth-order valence-corrected chi connectivity index (χ4v) is 3.57. The van der Waals surface area contributed by atoms with Crippen LogP contribution >= 0.6 is 0 Å². The first-order valence-electron chi connectivity index (χ1n) is 6.95. The average Bonchev–Trinajstić information content (AvgIpc) is 2.78. The summed E-state index contributed by atoms with van der Waals surface area (Å²) in [5.41, 5.74) is 0.504. The highest BCUT2D eigenvalue weighted by molar-refractivity contribution is 7.91. The van der Waals surface area contributed by atoms with E-state index in [4.69, 9.17) is 0 Å². The van der Waals surface area contributed by atoms with Crippen molar-refractivity contribution in [3.05, 3.63) is 0 Å². The SMILES string of the molecule is CCC1(CNCCCS(=O)(=O)CC)CCCC1. The Balaban J connectivity index is 2.15. The smallest absolute Gasteiger partial charge is 0.150 e. The topological polar surface area (TPSA) is 46.2 Å². The van der Waals surface area contributed by atoms with Crippen LogP contribution in [0.25, 0.3) is 0 Å². The summed E-state index contributed by atoms with van der Waals surface area (Å²) >= 11 is 0. The standard InChI is InChI=1S/C13H27NO2S/c1-3-13(8-5-6-9-13)12-14-10-7-11-17(15,16)4-2/h14H,3-12H2,1-2H3. The molecule has 1 rings (SSSR count). The highest BCUT2D eigenvalue weighted by atomic mass is 32.2. The molecular formula is C13H27NO2S. The van der Waals surface area contributed by atoms with E-state index in [9.17, 15) is 8.42 Å². The Kier molecular flexibility index (Phi) is 5.93. The van der Waals surface area contributed by atoms with Gasteiger partial charge in [0.2, 0.25) is 0 Å². The minimum atomic E-state index is -2.78. The summed E-state index contributed by atoms with van der Waals surface area (Å²) in [5.74, 6) is 0.599. The van der Waals surface area contributed by atoms with Gasteiger partial charge in [-0.25, -0.2) is 8.42 Å². The lowest BCUT2D eigenvalue weighted by molar-refractivity contribution is 0.269. The van der Waals surface area contributed by atoms with Crippen molar-refractivity contribution < 1.29 is 8.42 Å². The van der Waals surface area contributed by atoms with Gasteiger partial charge in [-0.05, 0) is 37.6 Å². The van der Waals surface area contributed by atoms with Crippen molar-refractivity contribution >= 4 is 9.84 Å². The van der Waals surface area contributed by atoms with Crippen molar-refractivity contribution in [3.8, 4) is 0 Å². The Bertz CT molecular complexity index is 305. The normalized spacial score (nSPS) is 19.6. The van der Waals surface area contributed by atoms with Crippen LogP contribution in [0.2, 0.25) is 0 Å². The minimum Gasteiger partial charge on any atom is -0.316 e. The lowest BCUT2D eigenvalue weighted by Crippen LogP contribution is -2.32. The molecule has 0 aromatic rings. The zero-order chi connectivity index (χ0) is 12.8. The number of nitrogens with one attached hydrogen (secondary N) is 1. The summed E-state index contributed by atoms with van der Waals surface area (Å²) in [7, 11) is -2.78. The molecular weight excluding hydrogens is 234 g/mol. The number of hydrogen-bond acceptors (Lipinski definition) is 3. The molecule has 0 atom stereocenters. The Morgan fingerprint density at radius 3 is 2.35 bits per heavy atom. The van der Waals surface area contributed by atoms with Gasteiger partial charge in [-0.3, -0.25) is 0 Å². The van der Waals surface area contributed by atoms with Crippen LogP contribution in [0, 0.1) is 5.41 Å². The molecule has 1 aliphatic rings. The number of sulfone groups is 1. The third-order valence-corrected chi connectivity index (χ3v) is 5.95. The maximum atomic E-state index is 11.3. The van der Waals surface area contributed by atoms with E-state index in [-0.39, 0.29) is 5.75 Å². The quantitative estimate of drug-likeness (QED) is 0.682. The van der Waals surface area contributed by atoms with E-state index >= 15 is 0 Å². The van der Waals surface area contributed by atoms with Gasteiger partial charge in [0.15, 0.2) is 0 Å². The second-order valence-corrected chi connectivity index (χ2v) is 7.80. The monoisotopic (exact) mass is 261 g/mol. The van der Waals surface area contributed by atoms with Gasteiger partial charge in [-0.15, -0.1) is 0 Å². The molecule has 1 fully saturated rings. The van der Waals surface area contributed by atoms with Crippen LogP contribution in [0.3, 0.4) is 0 Å². The number of rotatable bonds is 8. The van der Waals surface area contributed by atoms with Crippen molar-refractivity contribution in [2.24, 2.45) is 5.41 Å². The molecule has 1 N–H and O–H groups in total. The summed E-state index contributed by atoms with van der Waals surface area (Å²) in [6.45, 7) is 5.89. The van der Waals surface area contributed by atoms with Crippen molar-refractivity contribution in [3.63, 3.8) is 0 Å². The van der Waals surface area contributed by atoms with E-state index in [2.05, 4.69) is 12.2 Å². The fraction of sp³-hybridized carbons (Fsp3) is 1.00. The van der Waals surface area contributed by atoms with Crippen LogP contribution in [0.4, 0.5) is 0 Å². The average molecular weight is 261 g/mol.